The molecule has 2 aromatic rings. The smallest absolute Gasteiger partial charge is 0.258 e. The quantitative estimate of drug-likeness (QED) is 0.655. The Hall–Kier alpha value is -2.82. The maximum atomic E-state index is 11.8. The van der Waals surface area contributed by atoms with Crippen molar-refractivity contribution in [2.24, 2.45) is 0 Å². The van der Waals surface area contributed by atoms with Crippen molar-refractivity contribution in [1.29, 1.82) is 0 Å². The van der Waals surface area contributed by atoms with Crippen LogP contribution >= 0.6 is 0 Å². The summed E-state index contributed by atoms with van der Waals surface area (Å²) in [6, 6.07) is 4.94. The highest BCUT2D eigenvalue weighted by Crippen LogP contribution is 2.31. The molecule has 0 saturated carbocycles. The lowest BCUT2D eigenvalue weighted by atomic mass is 10.1. The fraction of sp³-hybridized carbons (Fsp3) is 0.0667. The number of hydrogen-bond donors (Lipinski definition) is 2. The summed E-state index contributed by atoms with van der Waals surface area (Å²) in [5, 5.41) is 12.6. The van der Waals surface area contributed by atoms with Crippen molar-refractivity contribution >= 4 is 28.3 Å². The van der Waals surface area contributed by atoms with Crippen LogP contribution in [-0.2, 0) is 16.1 Å². The molecule has 0 spiro atoms. The number of benzene rings is 1. The minimum absolute atomic E-state index is 0.112. The Labute approximate surface area is 114 Å². The molecule has 0 fully saturated rings. The Kier molecular flexibility index (Phi) is 2.68. The highest BCUT2D eigenvalue weighted by molar-refractivity contribution is 6.35. The molecule has 2 heterocycles. The van der Waals surface area contributed by atoms with Gasteiger partial charge in [-0.3, -0.25) is 14.9 Å². The number of carbonyl (C=O) groups is 2. The standard InChI is InChI=1S/C15H12N2O3/c1-2-5-17-8-12(11-7-14(19)16-15(11)20)10-6-9(18)3-4-13(10)17/h2-4,6-8,18H,1,5H2,(H,16,19,20). The number of phenols is 1. The molecule has 1 aliphatic heterocycles. The molecule has 20 heavy (non-hydrogen) atoms. The zero-order chi connectivity index (χ0) is 14.3. The SMILES string of the molecule is C=CCn1cc(C2=CC(=O)NC2=O)c2cc(O)ccc21. The Morgan fingerprint density at radius 2 is 2.15 bits per heavy atom. The zero-order valence-corrected chi connectivity index (χ0v) is 10.6. The number of rotatable bonds is 3. The van der Waals surface area contributed by atoms with Crippen LogP contribution in [0, 0.1) is 0 Å². The number of hydrogen-bond acceptors (Lipinski definition) is 3. The lowest BCUT2D eigenvalue weighted by Crippen LogP contribution is -2.21. The molecular formula is C15H12N2O3. The molecule has 100 valence electrons. The van der Waals surface area contributed by atoms with Gasteiger partial charge in [0.2, 0.25) is 0 Å². The van der Waals surface area contributed by atoms with Gasteiger partial charge in [-0.05, 0) is 18.2 Å². The van der Waals surface area contributed by atoms with E-state index in [4.69, 9.17) is 0 Å². The lowest BCUT2D eigenvalue weighted by Gasteiger charge is -2.00. The van der Waals surface area contributed by atoms with Gasteiger partial charge in [0, 0.05) is 35.3 Å². The molecule has 1 aliphatic rings. The molecule has 1 aromatic heterocycles. The molecule has 1 aromatic carbocycles. The second-order valence-electron chi connectivity index (χ2n) is 4.56. The van der Waals surface area contributed by atoms with E-state index in [9.17, 15) is 14.7 Å². The minimum Gasteiger partial charge on any atom is -0.508 e. The fourth-order valence-corrected chi connectivity index (χ4v) is 2.40. The molecule has 2 N–H and O–H groups in total. The molecular weight excluding hydrogens is 256 g/mol. The summed E-state index contributed by atoms with van der Waals surface area (Å²) < 4.78 is 1.91. The Balaban J connectivity index is 2.27. The first-order valence-electron chi connectivity index (χ1n) is 6.10. The van der Waals surface area contributed by atoms with Crippen molar-refractivity contribution in [1.82, 2.24) is 9.88 Å². The van der Waals surface area contributed by atoms with Crippen LogP contribution in [0.1, 0.15) is 5.56 Å². The molecule has 0 atom stereocenters. The second kappa shape index (κ2) is 4.38. The fourth-order valence-electron chi connectivity index (χ4n) is 2.40. The molecule has 0 bridgehead atoms. The van der Waals surface area contributed by atoms with Crippen LogP contribution in [0.5, 0.6) is 5.75 Å². The first-order chi connectivity index (χ1) is 9.60. The Morgan fingerprint density at radius 1 is 1.35 bits per heavy atom. The van der Waals surface area contributed by atoms with Gasteiger partial charge in [0.1, 0.15) is 5.75 Å². The van der Waals surface area contributed by atoms with Crippen molar-refractivity contribution in [3.05, 3.63) is 48.7 Å². The van der Waals surface area contributed by atoms with Crippen molar-refractivity contribution in [2.45, 2.75) is 6.54 Å². The molecule has 2 amide bonds. The molecule has 3 rings (SSSR count). The van der Waals surface area contributed by atoms with E-state index < -0.39 is 11.8 Å². The van der Waals surface area contributed by atoms with Gasteiger partial charge in [-0.1, -0.05) is 6.08 Å². The van der Waals surface area contributed by atoms with E-state index in [-0.39, 0.29) is 5.75 Å². The van der Waals surface area contributed by atoms with Gasteiger partial charge in [0.15, 0.2) is 0 Å². The number of fused-ring (bicyclic) bond motifs is 1. The maximum Gasteiger partial charge on any atom is 0.258 e. The first kappa shape index (κ1) is 12.2. The van der Waals surface area contributed by atoms with E-state index in [0.29, 0.717) is 17.7 Å². The Morgan fingerprint density at radius 3 is 2.80 bits per heavy atom. The number of allylic oxidation sites excluding steroid dienone is 1. The molecule has 0 aliphatic carbocycles. The van der Waals surface area contributed by atoms with E-state index in [0.717, 1.165) is 10.9 Å². The maximum absolute atomic E-state index is 11.8. The third kappa shape index (κ3) is 1.80. The largest absolute Gasteiger partial charge is 0.508 e. The normalized spacial score (nSPS) is 14.5. The van der Waals surface area contributed by atoms with E-state index in [2.05, 4.69) is 11.9 Å². The minimum atomic E-state index is -0.422. The number of nitrogens with zero attached hydrogens (tertiary/aromatic N) is 1. The van der Waals surface area contributed by atoms with Crippen molar-refractivity contribution in [2.75, 3.05) is 0 Å². The van der Waals surface area contributed by atoms with Gasteiger partial charge in [-0.15, -0.1) is 6.58 Å². The topological polar surface area (TPSA) is 71.3 Å². The average Bonchev–Trinajstić information content (AvgIpc) is 2.90. The van der Waals surface area contributed by atoms with Gasteiger partial charge in [0.05, 0.1) is 5.57 Å². The van der Waals surface area contributed by atoms with Crippen LogP contribution in [-0.4, -0.2) is 21.5 Å². The average molecular weight is 268 g/mol. The molecule has 0 radical (unpaired) electrons. The van der Waals surface area contributed by atoms with Crippen LogP contribution in [0.25, 0.3) is 16.5 Å². The predicted molar refractivity (Wildman–Crippen MR) is 74.9 cm³/mol. The van der Waals surface area contributed by atoms with Crippen LogP contribution < -0.4 is 5.32 Å². The summed E-state index contributed by atoms with van der Waals surface area (Å²) in [5.41, 5.74) is 1.81. The summed E-state index contributed by atoms with van der Waals surface area (Å²) >= 11 is 0. The number of phenolic OH excluding ortho intramolecular Hbond substituents is 1. The predicted octanol–water partition coefficient (Wildman–Crippen LogP) is 1.57. The van der Waals surface area contributed by atoms with Gasteiger partial charge in [-0.25, -0.2) is 0 Å². The van der Waals surface area contributed by atoms with E-state index in [1.165, 1.54) is 6.08 Å². The van der Waals surface area contributed by atoms with E-state index in [1.54, 1.807) is 30.5 Å². The highest BCUT2D eigenvalue weighted by atomic mass is 16.3. The van der Waals surface area contributed by atoms with Crippen molar-refractivity contribution in [3.63, 3.8) is 0 Å². The van der Waals surface area contributed by atoms with Gasteiger partial charge >= 0.3 is 0 Å². The van der Waals surface area contributed by atoms with Crippen LogP contribution in [0.2, 0.25) is 0 Å². The molecule has 0 saturated heterocycles. The van der Waals surface area contributed by atoms with Crippen LogP contribution in [0.4, 0.5) is 0 Å². The van der Waals surface area contributed by atoms with Crippen LogP contribution in [0.3, 0.4) is 0 Å². The highest BCUT2D eigenvalue weighted by Gasteiger charge is 2.25. The van der Waals surface area contributed by atoms with Gasteiger partial charge in [-0.2, -0.15) is 0 Å². The molecule has 5 heteroatoms. The lowest BCUT2D eigenvalue weighted by molar-refractivity contribution is -0.123. The summed E-state index contributed by atoms with van der Waals surface area (Å²) in [6.45, 7) is 4.27. The number of aromatic hydroxyl groups is 1. The van der Waals surface area contributed by atoms with Crippen molar-refractivity contribution in [3.8, 4) is 5.75 Å². The first-order valence-corrected chi connectivity index (χ1v) is 6.10. The number of imide groups is 1. The van der Waals surface area contributed by atoms with E-state index in [1.807, 2.05) is 4.57 Å². The second-order valence-corrected chi connectivity index (χ2v) is 4.56. The number of amides is 2. The van der Waals surface area contributed by atoms with Crippen molar-refractivity contribution < 1.29 is 14.7 Å². The van der Waals surface area contributed by atoms with Gasteiger partial charge < -0.3 is 9.67 Å². The molecule has 5 nitrogen and oxygen atoms in total. The Bertz CT molecular complexity index is 784. The monoisotopic (exact) mass is 268 g/mol. The van der Waals surface area contributed by atoms with E-state index >= 15 is 0 Å². The summed E-state index contributed by atoms with van der Waals surface area (Å²) in [4.78, 5) is 23.1. The van der Waals surface area contributed by atoms with Crippen LogP contribution in [0.15, 0.2) is 43.1 Å². The summed E-state index contributed by atoms with van der Waals surface area (Å²) in [5.74, 6) is -0.730. The summed E-state index contributed by atoms with van der Waals surface area (Å²) in [6.07, 6.45) is 4.81. The zero-order valence-electron chi connectivity index (χ0n) is 10.6. The number of aromatic nitrogens is 1. The number of nitrogens with one attached hydrogen (secondary N) is 1. The summed E-state index contributed by atoms with van der Waals surface area (Å²) in [7, 11) is 0. The third-order valence-electron chi connectivity index (χ3n) is 3.24. The number of carbonyl (C=O) groups excluding carboxylic acids is 2. The third-order valence-corrected chi connectivity index (χ3v) is 3.24. The van der Waals surface area contributed by atoms with Gasteiger partial charge in [0.25, 0.3) is 11.8 Å². The molecule has 0 unspecified atom stereocenters.